The fourth-order valence-corrected chi connectivity index (χ4v) is 7.25. The fourth-order valence-electron chi connectivity index (χ4n) is 6.19. The molecule has 1 amide bonds. The van der Waals surface area contributed by atoms with E-state index in [1.54, 1.807) is 12.3 Å². The first-order chi connectivity index (χ1) is 20.6. The number of nitrogens with zero attached hydrogens (tertiary/aromatic N) is 5. The van der Waals surface area contributed by atoms with E-state index in [0.29, 0.717) is 43.6 Å². The Kier molecular flexibility index (Phi) is 7.94. The van der Waals surface area contributed by atoms with Gasteiger partial charge in [-0.15, -0.1) is 0 Å². The van der Waals surface area contributed by atoms with E-state index in [1.807, 2.05) is 17.2 Å². The molecule has 3 aromatic rings. The van der Waals surface area contributed by atoms with Gasteiger partial charge in [-0.1, -0.05) is 12.6 Å². The summed E-state index contributed by atoms with van der Waals surface area (Å²) in [6.07, 6.45) is 5.85. The van der Waals surface area contributed by atoms with Crippen LogP contribution in [0.4, 0.5) is 27.7 Å². The second kappa shape index (κ2) is 11.7. The normalized spacial score (nSPS) is 24.0. The molecule has 1 aromatic carbocycles. The first kappa shape index (κ1) is 29.2. The molecule has 2 aromatic heterocycles. The van der Waals surface area contributed by atoms with Gasteiger partial charge in [0.15, 0.2) is 0 Å². The molecule has 4 atom stereocenters. The van der Waals surface area contributed by atoms with Gasteiger partial charge in [-0.3, -0.25) is 4.79 Å². The molecule has 0 spiro atoms. The Hall–Kier alpha value is -3.84. The van der Waals surface area contributed by atoms with E-state index in [1.165, 1.54) is 19.4 Å². The van der Waals surface area contributed by atoms with Crippen LogP contribution in [0.1, 0.15) is 24.3 Å². The van der Waals surface area contributed by atoms with Crippen molar-refractivity contribution in [2.75, 3.05) is 60.4 Å². The zero-order valence-corrected chi connectivity index (χ0v) is 25.1. The summed E-state index contributed by atoms with van der Waals surface area (Å²) in [6, 6.07) is 7.91. The minimum atomic E-state index is -3.04. The molecule has 0 radical (unpaired) electrons. The van der Waals surface area contributed by atoms with Crippen LogP contribution in [0.25, 0.3) is 10.8 Å². The van der Waals surface area contributed by atoms with Crippen LogP contribution in [0, 0.1) is 5.92 Å². The highest BCUT2D eigenvalue weighted by atomic mass is 32.2. The number of hydrogen-bond donors (Lipinski definition) is 2. The van der Waals surface area contributed by atoms with Crippen molar-refractivity contribution in [3.05, 3.63) is 54.9 Å². The molecule has 0 bridgehead atoms. The molecule has 0 unspecified atom stereocenters. The maximum Gasteiger partial charge on any atom is 0.243 e. The lowest BCUT2D eigenvalue weighted by atomic mass is 9.96. The molecule has 228 valence electrons. The maximum absolute atomic E-state index is 14.5. The van der Waals surface area contributed by atoms with E-state index in [4.69, 9.17) is 9.72 Å². The smallest absolute Gasteiger partial charge is 0.243 e. The number of alkyl halides is 1. The average molecular weight is 610 g/mol. The van der Waals surface area contributed by atoms with Gasteiger partial charge in [0.1, 0.15) is 27.6 Å². The van der Waals surface area contributed by atoms with Crippen LogP contribution in [0.5, 0.6) is 0 Å². The first-order valence-corrected chi connectivity index (χ1v) is 16.5. The van der Waals surface area contributed by atoms with Crippen molar-refractivity contribution < 1.29 is 22.3 Å². The number of halogens is 1. The number of pyridine rings is 1. The summed E-state index contributed by atoms with van der Waals surface area (Å²) in [4.78, 5) is 29.6. The lowest BCUT2D eigenvalue weighted by molar-refractivity contribution is -0.116. The number of aromatic nitrogens is 3. The van der Waals surface area contributed by atoms with Crippen molar-refractivity contribution in [1.29, 1.82) is 0 Å². The Balaban J connectivity index is 1.26. The Morgan fingerprint density at radius 1 is 1.16 bits per heavy atom. The van der Waals surface area contributed by atoms with Gasteiger partial charge in [-0.05, 0) is 48.1 Å². The van der Waals surface area contributed by atoms with Crippen LogP contribution in [0.2, 0.25) is 0 Å². The number of methoxy groups -OCH3 is 1. The van der Waals surface area contributed by atoms with Crippen LogP contribution >= 0.6 is 0 Å². The predicted molar refractivity (Wildman–Crippen MR) is 164 cm³/mol. The molecular weight excluding hydrogens is 573 g/mol. The Bertz CT molecular complexity index is 1650. The molecule has 2 saturated heterocycles. The third-order valence-electron chi connectivity index (χ3n) is 8.42. The summed E-state index contributed by atoms with van der Waals surface area (Å²) in [5, 5.41) is 8.23. The highest BCUT2D eigenvalue weighted by Crippen LogP contribution is 2.46. The monoisotopic (exact) mass is 609 g/mol. The molecule has 3 aliphatic rings. The highest BCUT2D eigenvalue weighted by Gasteiger charge is 2.41. The standard InChI is InChI=1S/C30H36FN7O4S/c1-4-29(39)34-24-11-21(24)19-5-6-25(38-14-18(15-38)17-43(3,40)41)22-13-33-28(12-20(19)22)35-27-7-9-32-30(36-27)37-10-8-26(42-2)23(31)16-37/h4-7,9,12-13,18,21,23-24,26H,1,8,10-11,14-17H2,2-3H3,(H,34,39)(H,32,33,35,36)/t21-,23-,24-,26+/m0/s1. The van der Waals surface area contributed by atoms with Crippen LogP contribution in [-0.4, -0.2) is 92.9 Å². The number of ether oxygens (including phenoxy) is 1. The number of fused-ring (bicyclic) bond motifs is 1. The Morgan fingerprint density at radius 2 is 1.98 bits per heavy atom. The minimum Gasteiger partial charge on any atom is -0.378 e. The molecule has 43 heavy (non-hydrogen) atoms. The molecule has 1 aliphatic carbocycles. The molecule has 3 fully saturated rings. The van der Waals surface area contributed by atoms with Crippen molar-refractivity contribution in [2.24, 2.45) is 5.92 Å². The number of hydrogen-bond acceptors (Lipinski definition) is 10. The second-order valence-corrected chi connectivity index (χ2v) is 13.9. The zero-order valence-electron chi connectivity index (χ0n) is 24.2. The SMILES string of the molecule is C=CC(=O)N[C@H]1C[C@H]1c1ccc(N2CC(CS(C)(=O)=O)C2)c2cnc(Nc3ccnc(N4CC[C@@H](OC)[C@@H](F)C4)n3)cc12. The minimum absolute atomic E-state index is 0.0262. The van der Waals surface area contributed by atoms with Crippen molar-refractivity contribution in [1.82, 2.24) is 20.3 Å². The van der Waals surface area contributed by atoms with E-state index in [0.717, 1.165) is 28.4 Å². The van der Waals surface area contributed by atoms with Crippen molar-refractivity contribution in [3.8, 4) is 0 Å². The summed E-state index contributed by atoms with van der Waals surface area (Å²) >= 11 is 0. The second-order valence-electron chi connectivity index (χ2n) is 11.7. The number of amides is 1. The van der Waals surface area contributed by atoms with Gasteiger partial charge < -0.3 is 25.2 Å². The first-order valence-electron chi connectivity index (χ1n) is 14.4. The van der Waals surface area contributed by atoms with E-state index in [2.05, 4.69) is 44.2 Å². The topological polar surface area (TPSA) is 130 Å². The third-order valence-corrected chi connectivity index (χ3v) is 9.49. The Morgan fingerprint density at radius 3 is 2.70 bits per heavy atom. The van der Waals surface area contributed by atoms with Gasteiger partial charge in [0.05, 0.1) is 18.4 Å². The number of piperidine rings is 1. The summed E-state index contributed by atoms with van der Waals surface area (Å²) < 4.78 is 43.3. The number of benzene rings is 1. The Labute approximate surface area is 250 Å². The van der Waals surface area contributed by atoms with Gasteiger partial charge in [0.25, 0.3) is 0 Å². The van der Waals surface area contributed by atoms with Gasteiger partial charge in [0, 0.05) is 74.3 Å². The largest absolute Gasteiger partial charge is 0.378 e. The van der Waals surface area contributed by atoms with Crippen molar-refractivity contribution in [3.63, 3.8) is 0 Å². The van der Waals surface area contributed by atoms with Crippen LogP contribution in [0.15, 0.2) is 49.3 Å². The van der Waals surface area contributed by atoms with E-state index < -0.39 is 22.1 Å². The number of sulfone groups is 1. The van der Waals surface area contributed by atoms with Gasteiger partial charge in [-0.2, -0.15) is 4.98 Å². The molecule has 11 nitrogen and oxygen atoms in total. The molecule has 6 rings (SSSR count). The van der Waals surface area contributed by atoms with Gasteiger partial charge >= 0.3 is 0 Å². The molecule has 13 heteroatoms. The predicted octanol–water partition coefficient (Wildman–Crippen LogP) is 2.97. The lowest BCUT2D eigenvalue weighted by Crippen LogP contribution is -2.49. The molecule has 2 aliphatic heterocycles. The zero-order chi connectivity index (χ0) is 30.3. The fraction of sp³-hybridized carbons (Fsp3) is 0.467. The molecule has 4 heterocycles. The third kappa shape index (κ3) is 6.42. The number of carbonyl (C=O) groups is 1. The van der Waals surface area contributed by atoms with Gasteiger partial charge in [-0.25, -0.2) is 22.8 Å². The summed E-state index contributed by atoms with van der Waals surface area (Å²) in [6.45, 7) is 5.63. The quantitative estimate of drug-likeness (QED) is 0.331. The number of rotatable bonds is 10. The van der Waals surface area contributed by atoms with E-state index >= 15 is 0 Å². The van der Waals surface area contributed by atoms with Crippen molar-refractivity contribution in [2.45, 2.75) is 37.1 Å². The number of nitrogens with one attached hydrogen (secondary N) is 2. The van der Waals surface area contributed by atoms with Crippen molar-refractivity contribution >= 4 is 49.8 Å². The molecule has 1 saturated carbocycles. The summed E-state index contributed by atoms with van der Waals surface area (Å²) in [5.74, 6) is 1.79. The summed E-state index contributed by atoms with van der Waals surface area (Å²) in [7, 11) is -1.51. The van der Waals surface area contributed by atoms with Gasteiger partial charge in [0.2, 0.25) is 11.9 Å². The lowest BCUT2D eigenvalue weighted by Gasteiger charge is -2.41. The maximum atomic E-state index is 14.5. The molecular formula is C30H36FN7O4S. The van der Waals surface area contributed by atoms with E-state index in [-0.39, 0.29) is 36.1 Å². The van der Waals surface area contributed by atoms with Crippen LogP contribution < -0.4 is 20.4 Å². The molecule has 2 N–H and O–H groups in total. The highest BCUT2D eigenvalue weighted by molar-refractivity contribution is 7.90. The summed E-state index contributed by atoms with van der Waals surface area (Å²) in [5.41, 5.74) is 2.10. The number of anilines is 4. The van der Waals surface area contributed by atoms with Crippen LogP contribution in [-0.2, 0) is 19.4 Å². The van der Waals surface area contributed by atoms with E-state index in [9.17, 15) is 17.6 Å². The number of carbonyl (C=O) groups excluding carboxylic acids is 1. The average Bonchev–Trinajstić information content (AvgIpc) is 3.72. The van der Waals surface area contributed by atoms with Crippen LogP contribution in [0.3, 0.4) is 0 Å².